The van der Waals surface area contributed by atoms with E-state index in [9.17, 15) is 0 Å². The zero-order valence-corrected chi connectivity index (χ0v) is 15.0. The van der Waals surface area contributed by atoms with Crippen LogP contribution in [-0.4, -0.2) is 17.6 Å². The van der Waals surface area contributed by atoms with E-state index in [2.05, 4.69) is 38.8 Å². The highest BCUT2D eigenvalue weighted by Gasteiger charge is 2.61. The smallest absolute Gasteiger partial charge is 0.0150 e. The van der Waals surface area contributed by atoms with Crippen LogP contribution in [-0.2, 0) is 0 Å². The lowest BCUT2D eigenvalue weighted by atomic mass is 9.71. The van der Waals surface area contributed by atoms with Crippen molar-refractivity contribution in [1.82, 2.24) is 0 Å². The van der Waals surface area contributed by atoms with Crippen molar-refractivity contribution in [3.63, 3.8) is 0 Å². The average molecular weight is 298 g/mol. The van der Waals surface area contributed by atoms with Crippen molar-refractivity contribution in [1.29, 1.82) is 0 Å². The van der Waals surface area contributed by atoms with Crippen LogP contribution in [0.4, 0.5) is 0 Å². The summed E-state index contributed by atoms with van der Waals surface area (Å²) < 4.78 is 0. The van der Waals surface area contributed by atoms with Gasteiger partial charge in [0.15, 0.2) is 0 Å². The summed E-state index contributed by atoms with van der Waals surface area (Å²) in [6, 6.07) is 0. The third-order valence-electron chi connectivity index (χ3n) is 7.10. The zero-order valence-electron chi connectivity index (χ0n) is 13.2. The van der Waals surface area contributed by atoms with Crippen molar-refractivity contribution >= 4 is 18.5 Å². The first-order chi connectivity index (χ1) is 8.95. The van der Waals surface area contributed by atoms with Gasteiger partial charge >= 0.3 is 0 Å². The third kappa shape index (κ3) is 2.32. The highest BCUT2D eigenvalue weighted by atomic mass is 32.7. The molecule has 3 rings (SSSR count). The fourth-order valence-corrected chi connectivity index (χ4v) is 11.0. The molecule has 3 fully saturated rings. The predicted octanol–water partition coefficient (Wildman–Crippen LogP) is 6.29. The lowest BCUT2D eigenvalue weighted by molar-refractivity contribution is 0.157. The lowest BCUT2D eigenvalue weighted by Crippen LogP contribution is -2.33. The molecule has 110 valence electrons. The van der Waals surface area contributed by atoms with E-state index in [1.54, 1.807) is 0 Å². The molecule has 19 heavy (non-hydrogen) atoms. The molecule has 4 atom stereocenters. The van der Waals surface area contributed by atoms with Gasteiger partial charge in [0.2, 0.25) is 0 Å². The maximum atomic E-state index is 2.61. The fraction of sp³-hybridized carbons (Fsp3) is 1.00. The maximum Gasteiger partial charge on any atom is 0.0150 e. The lowest BCUT2D eigenvalue weighted by Gasteiger charge is -2.41. The minimum Gasteiger partial charge on any atom is -0.130 e. The molecule has 0 radical (unpaired) electrons. The van der Waals surface area contributed by atoms with E-state index in [0.29, 0.717) is 10.8 Å². The van der Waals surface area contributed by atoms with Crippen LogP contribution in [0.3, 0.4) is 0 Å². The summed E-state index contributed by atoms with van der Waals surface area (Å²) in [6.45, 7) is 10.3. The quantitative estimate of drug-likeness (QED) is 0.551. The summed E-state index contributed by atoms with van der Waals surface area (Å²) >= 11 is 2.44. The van der Waals surface area contributed by atoms with Gasteiger partial charge < -0.3 is 0 Å². The Morgan fingerprint density at radius 2 is 1.68 bits per heavy atom. The fourth-order valence-electron chi connectivity index (χ4n) is 5.02. The van der Waals surface area contributed by atoms with Crippen molar-refractivity contribution < 1.29 is 0 Å². The average Bonchev–Trinajstić information content (AvgIpc) is 2.73. The zero-order chi connectivity index (χ0) is 13.7. The second-order valence-electron chi connectivity index (χ2n) is 8.04. The van der Waals surface area contributed by atoms with Gasteiger partial charge in [0.25, 0.3) is 0 Å². The first-order valence-electron chi connectivity index (χ1n) is 8.35. The maximum absolute atomic E-state index is 2.61. The molecule has 3 saturated carbocycles. The Kier molecular flexibility index (Phi) is 4.03. The summed E-state index contributed by atoms with van der Waals surface area (Å²) in [5.74, 6) is 1.02. The van der Waals surface area contributed by atoms with E-state index < -0.39 is 0 Å². The summed E-state index contributed by atoms with van der Waals surface area (Å²) in [7, 11) is 0.222. The summed E-state index contributed by atoms with van der Waals surface area (Å²) in [4.78, 5) is 0. The molecule has 0 saturated heterocycles. The van der Waals surface area contributed by atoms with Gasteiger partial charge in [0.1, 0.15) is 0 Å². The molecule has 0 aromatic rings. The molecule has 3 aliphatic carbocycles. The Balaban J connectivity index is 1.65. The molecule has 0 heterocycles. The highest BCUT2D eigenvalue weighted by Crippen LogP contribution is 2.72. The van der Waals surface area contributed by atoms with E-state index >= 15 is 0 Å². The van der Waals surface area contributed by atoms with Crippen LogP contribution in [0.25, 0.3) is 0 Å². The molecule has 2 bridgehead atoms. The summed E-state index contributed by atoms with van der Waals surface area (Å²) in [5, 5.41) is 0.972. The first kappa shape index (κ1) is 14.7. The molecule has 0 N–H and O–H groups in total. The Labute approximate surface area is 125 Å². The van der Waals surface area contributed by atoms with Gasteiger partial charge in [0.05, 0.1) is 0 Å². The van der Waals surface area contributed by atoms with Crippen molar-refractivity contribution in [2.24, 2.45) is 16.7 Å². The van der Waals surface area contributed by atoms with Crippen molar-refractivity contribution in [3.05, 3.63) is 0 Å². The van der Waals surface area contributed by atoms with Crippen LogP contribution >= 0.6 is 18.5 Å². The molecule has 1 unspecified atom stereocenters. The van der Waals surface area contributed by atoms with Gasteiger partial charge in [-0.05, 0) is 68.3 Å². The Morgan fingerprint density at radius 1 is 1.00 bits per heavy atom. The molecule has 2 heteroatoms. The van der Waals surface area contributed by atoms with E-state index in [1.807, 2.05) is 0 Å². The monoisotopic (exact) mass is 298 g/mol. The summed E-state index contributed by atoms with van der Waals surface area (Å²) in [6.07, 6.45) is 12.1. The number of hydrogen-bond acceptors (Lipinski definition) is 1. The molecular weight excluding hydrogens is 267 g/mol. The summed E-state index contributed by atoms with van der Waals surface area (Å²) in [5.41, 5.74) is 2.32. The standard InChI is InChI=1S/C17H31PS/c1-16(2)13-10-11-17(16,3)15(12-13)19-18(4)14-8-6-5-7-9-14/h13-15H,5-12H2,1-4H3/t13-,15-,17+,18?/m0/s1. The third-order valence-corrected chi connectivity index (χ3v) is 12.6. The second-order valence-corrected chi connectivity index (χ2v) is 13.0. The van der Waals surface area contributed by atoms with Crippen molar-refractivity contribution in [2.45, 2.75) is 83.0 Å². The molecular formula is C17H31PS. The van der Waals surface area contributed by atoms with Crippen LogP contribution in [0.2, 0.25) is 0 Å². The van der Waals surface area contributed by atoms with Gasteiger partial charge in [0, 0.05) is 5.25 Å². The minimum absolute atomic E-state index is 0.222. The molecule has 0 aromatic heterocycles. The van der Waals surface area contributed by atoms with Gasteiger partial charge in [-0.15, -0.1) is 11.4 Å². The SMILES string of the molecule is CP(S[C@H]1C[C@@H]2CC[C@@]1(C)C2(C)C)C1CCCCC1. The van der Waals surface area contributed by atoms with Gasteiger partial charge in [-0.2, -0.15) is 0 Å². The van der Waals surface area contributed by atoms with E-state index in [-0.39, 0.29) is 7.12 Å². The minimum atomic E-state index is 0.222. The molecule has 3 aliphatic rings. The van der Waals surface area contributed by atoms with E-state index in [1.165, 1.54) is 51.4 Å². The second kappa shape index (κ2) is 5.20. The number of hydrogen-bond donors (Lipinski definition) is 0. The normalized spacial score (nSPS) is 43.6. The van der Waals surface area contributed by atoms with E-state index in [0.717, 1.165) is 16.8 Å². The molecule has 0 aliphatic heterocycles. The Bertz CT molecular complexity index is 334. The Morgan fingerprint density at radius 3 is 2.21 bits per heavy atom. The number of fused-ring (bicyclic) bond motifs is 2. The molecule has 0 spiro atoms. The van der Waals surface area contributed by atoms with Crippen LogP contribution in [0, 0.1) is 16.7 Å². The Hall–Kier alpha value is 0.780. The van der Waals surface area contributed by atoms with Crippen molar-refractivity contribution in [3.8, 4) is 0 Å². The van der Waals surface area contributed by atoms with Crippen LogP contribution in [0.1, 0.15) is 72.1 Å². The number of rotatable bonds is 3. The van der Waals surface area contributed by atoms with Gasteiger partial charge in [-0.3, -0.25) is 0 Å². The molecule has 0 nitrogen and oxygen atoms in total. The topological polar surface area (TPSA) is 0 Å². The van der Waals surface area contributed by atoms with Crippen LogP contribution in [0.15, 0.2) is 0 Å². The van der Waals surface area contributed by atoms with Crippen molar-refractivity contribution in [2.75, 3.05) is 6.66 Å². The predicted molar refractivity (Wildman–Crippen MR) is 90.3 cm³/mol. The first-order valence-corrected chi connectivity index (χ1v) is 11.7. The van der Waals surface area contributed by atoms with Crippen LogP contribution in [0.5, 0.6) is 0 Å². The largest absolute Gasteiger partial charge is 0.130 e. The van der Waals surface area contributed by atoms with E-state index in [4.69, 9.17) is 0 Å². The molecule has 0 aromatic carbocycles. The van der Waals surface area contributed by atoms with Gasteiger partial charge in [-0.1, -0.05) is 40.0 Å². The molecule has 0 amide bonds. The van der Waals surface area contributed by atoms with Crippen LogP contribution < -0.4 is 0 Å². The van der Waals surface area contributed by atoms with Gasteiger partial charge in [-0.25, -0.2) is 0 Å². The highest BCUT2D eigenvalue weighted by molar-refractivity contribution is 8.56.